The molecule has 0 unspecified atom stereocenters. The van der Waals surface area contributed by atoms with Gasteiger partial charge in [0.1, 0.15) is 12.4 Å². The number of nitrogens with zero attached hydrogens (tertiary/aromatic N) is 2. The molecule has 0 aliphatic carbocycles. The van der Waals surface area contributed by atoms with Gasteiger partial charge in [-0.1, -0.05) is 24.3 Å². The molecule has 2 aromatic rings. The first kappa shape index (κ1) is 17.4. The molecule has 0 fully saturated rings. The van der Waals surface area contributed by atoms with Crippen LogP contribution in [0.5, 0.6) is 5.88 Å². The third-order valence-corrected chi connectivity index (χ3v) is 3.44. The molecule has 1 heterocycles. The SMILES string of the molecule is COC(=O)C(C)(C)COc1cnc(-c2ccc(C(=N)N)cc2)cn1. The van der Waals surface area contributed by atoms with Gasteiger partial charge in [-0.25, -0.2) is 9.97 Å². The summed E-state index contributed by atoms with van der Waals surface area (Å²) in [6.45, 7) is 3.61. The molecule has 7 heteroatoms. The van der Waals surface area contributed by atoms with Crippen molar-refractivity contribution in [2.24, 2.45) is 11.1 Å². The van der Waals surface area contributed by atoms with E-state index in [0.29, 0.717) is 17.1 Å². The summed E-state index contributed by atoms with van der Waals surface area (Å²) in [6.07, 6.45) is 3.09. The van der Waals surface area contributed by atoms with Gasteiger partial charge in [-0.15, -0.1) is 0 Å². The van der Waals surface area contributed by atoms with Crippen LogP contribution >= 0.6 is 0 Å². The number of nitrogen functional groups attached to an aromatic ring is 1. The summed E-state index contributed by atoms with van der Waals surface area (Å²) >= 11 is 0. The number of carbonyl (C=O) groups excluding carboxylic acids is 1. The topological polar surface area (TPSA) is 111 Å². The molecule has 0 atom stereocenters. The number of aromatic nitrogens is 2. The molecule has 24 heavy (non-hydrogen) atoms. The maximum atomic E-state index is 11.6. The minimum atomic E-state index is -0.766. The summed E-state index contributed by atoms with van der Waals surface area (Å²) in [5, 5.41) is 7.38. The summed E-state index contributed by atoms with van der Waals surface area (Å²) in [4.78, 5) is 20.1. The van der Waals surface area contributed by atoms with E-state index in [9.17, 15) is 4.79 Å². The highest BCUT2D eigenvalue weighted by Gasteiger charge is 2.29. The lowest BCUT2D eigenvalue weighted by Crippen LogP contribution is -2.32. The van der Waals surface area contributed by atoms with Crippen LogP contribution in [-0.4, -0.2) is 35.5 Å². The number of esters is 1. The molecule has 0 saturated heterocycles. The van der Waals surface area contributed by atoms with Gasteiger partial charge in [0.2, 0.25) is 5.88 Å². The van der Waals surface area contributed by atoms with E-state index in [1.807, 2.05) is 12.1 Å². The average molecular weight is 328 g/mol. The highest BCUT2D eigenvalue weighted by atomic mass is 16.5. The zero-order chi connectivity index (χ0) is 17.7. The van der Waals surface area contributed by atoms with Crippen molar-refractivity contribution < 1.29 is 14.3 Å². The zero-order valence-corrected chi connectivity index (χ0v) is 13.9. The lowest BCUT2D eigenvalue weighted by Gasteiger charge is -2.21. The number of nitrogens with one attached hydrogen (secondary N) is 1. The van der Waals surface area contributed by atoms with Crippen molar-refractivity contribution in [1.82, 2.24) is 9.97 Å². The van der Waals surface area contributed by atoms with Crippen LogP contribution in [0.1, 0.15) is 19.4 Å². The quantitative estimate of drug-likeness (QED) is 0.476. The first-order chi connectivity index (χ1) is 11.3. The molecule has 7 nitrogen and oxygen atoms in total. The number of nitrogens with two attached hydrogens (primary N) is 1. The summed E-state index contributed by atoms with van der Waals surface area (Å²) in [5.74, 6) is -0.00155. The predicted molar refractivity (Wildman–Crippen MR) is 89.8 cm³/mol. The molecule has 2 rings (SSSR count). The van der Waals surface area contributed by atoms with Crippen LogP contribution in [-0.2, 0) is 9.53 Å². The van der Waals surface area contributed by atoms with Crippen molar-refractivity contribution >= 4 is 11.8 Å². The molecule has 1 aromatic carbocycles. The molecule has 0 saturated carbocycles. The summed E-state index contributed by atoms with van der Waals surface area (Å²) in [6, 6.07) is 7.15. The maximum absolute atomic E-state index is 11.6. The fraction of sp³-hybridized carbons (Fsp3) is 0.294. The Kier molecular flexibility index (Phi) is 5.13. The molecule has 0 aliphatic rings. The number of benzene rings is 1. The van der Waals surface area contributed by atoms with Crippen LogP contribution in [0.25, 0.3) is 11.3 Å². The van der Waals surface area contributed by atoms with E-state index >= 15 is 0 Å². The van der Waals surface area contributed by atoms with Crippen molar-refractivity contribution in [1.29, 1.82) is 5.41 Å². The van der Waals surface area contributed by atoms with E-state index in [4.69, 9.17) is 20.6 Å². The first-order valence-corrected chi connectivity index (χ1v) is 7.31. The lowest BCUT2D eigenvalue weighted by molar-refractivity contribution is -0.152. The molecular weight excluding hydrogens is 308 g/mol. The van der Waals surface area contributed by atoms with Gasteiger partial charge in [0.05, 0.1) is 30.6 Å². The van der Waals surface area contributed by atoms with E-state index < -0.39 is 5.41 Å². The van der Waals surface area contributed by atoms with Crippen LogP contribution < -0.4 is 10.5 Å². The Morgan fingerprint density at radius 2 is 1.88 bits per heavy atom. The summed E-state index contributed by atoms with van der Waals surface area (Å²) in [7, 11) is 1.34. The Morgan fingerprint density at radius 1 is 1.21 bits per heavy atom. The van der Waals surface area contributed by atoms with Gasteiger partial charge in [0.15, 0.2) is 0 Å². The minimum Gasteiger partial charge on any atom is -0.475 e. The monoisotopic (exact) mass is 328 g/mol. The van der Waals surface area contributed by atoms with E-state index in [2.05, 4.69) is 9.97 Å². The number of rotatable bonds is 6. The van der Waals surface area contributed by atoms with Crippen molar-refractivity contribution in [2.45, 2.75) is 13.8 Å². The van der Waals surface area contributed by atoms with Crippen molar-refractivity contribution in [3.63, 3.8) is 0 Å². The van der Waals surface area contributed by atoms with Gasteiger partial charge in [-0.3, -0.25) is 10.2 Å². The Balaban J connectivity index is 2.05. The maximum Gasteiger partial charge on any atom is 0.314 e. The fourth-order valence-corrected chi connectivity index (χ4v) is 1.95. The van der Waals surface area contributed by atoms with Gasteiger partial charge in [-0.2, -0.15) is 0 Å². The van der Waals surface area contributed by atoms with Crippen molar-refractivity contribution in [3.05, 3.63) is 42.2 Å². The third-order valence-electron chi connectivity index (χ3n) is 3.44. The van der Waals surface area contributed by atoms with Crippen LogP contribution in [0.3, 0.4) is 0 Å². The standard InChI is InChI=1S/C17H20N4O3/c1-17(2,16(22)23-3)10-24-14-9-20-13(8-21-14)11-4-6-12(7-5-11)15(18)19/h4-9H,10H2,1-3H3,(H3,18,19). The second-order valence-electron chi connectivity index (χ2n) is 5.90. The van der Waals surface area contributed by atoms with Crippen LogP contribution in [0, 0.1) is 10.8 Å². The van der Waals surface area contributed by atoms with Gasteiger partial charge >= 0.3 is 5.97 Å². The number of methoxy groups -OCH3 is 1. The van der Waals surface area contributed by atoms with Crippen molar-refractivity contribution in [3.8, 4) is 17.1 Å². The number of hydrogen-bond acceptors (Lipinski definition) is 6. The van der Waals surface area contributed by atoms with Gasteiger partial charge < -0.3 is 15.2 Å². The van der Waals surface area contributed by atoms with E-state index in [-0.39, 0.29) is 18.4 Å². The average Bonchev–Trinajstić information content (AvgIpc) is 2.59. The van der Waals surface area contributed by atoms with Crippen LogP contribution in [0.4, 0.5) is 0 Å². The normalized spacial score (nSPS) is 11.0. The molecule has 0 spiro atoms. The highest BCUT2D eigenvalue weighted by Crippen LogP contribution is 2.21. The molecular formula is C17H20N4O3. The Morgan fingerprint density at radius 3 is 2.38 bits per heavy atom. The van der Waals surface area contributed by atoms with E-state index in [1.54, 1.807) is 32.2 Å². The largest absolute Gasteiger partial charge is 0.475 e. The summed E-state index contributed by atoms with van der Waals surface area (Å²) in [5.41, 5.74) is 6.84. The molecule has 0 bridgehead atoms. The smallest absolute Gasteiger partial charge is 0.314 e. The predicted octanol–water partition coefficient (Wildman–Crippen LogP) is 2.01. The molecule has 0 radical (unpaired) electrons. The number of hydrogen-bond donors (Lipinski definition) is 2. The zero-order valence-electron chi connectivity index (χ0n) is 13.9. The van der Waals surface area contributed by atoms with Crippen LogP contribution in [0.15, 0.2) is 36.7 Å². The third kappa shape index (κ3) is 4.07. The van der Waals surface area contributed by atoms with Crippen LogP contribution in [0.2, 0.25) is 0 Å². The van der Waals surface area contributed by atoms with E-state index in [0.717, 1.165) is 5.56 Å². The Labute approximate surface area is 140 Å². The van der Waals surface area contributed by atoms with Crippen molar-refractivity contribution in [2.75, 3.05) is 13.7 Å². The Hall–Kier alpha value is -2.96. The first-order valence-electron chi connectivity index (χ1n) is 7.31. The lowest BCUT2D eigenvalue weighted by atomic mass is 9.95. The van der Waals surface area contributed by atoms with Gasteiger partial charge in [0.25, 0.3) is 0 Å². The molecule has 1 aromatic heterocycles. The fourth-order valence-electron chi connectivity index (χ4n) is 1.95. The second kappa shape index (κ2) is 7.08. The number of ether oxygens (including phenoxy) is 2. The minimum absolute atomic E-state index is 0.0182. The van der Waals surface area contributed by atoms with Gasteiger partial charge in [-0.05, 0) is 13.8 Å². The molecule has 3 N–H and O–H groups in total. The van der Waals surface area contributed by atoms with Gasteiger partial charge in [0, 0.05) is 11.1 Å². The Bertz CT molecular complexity index is 725. The second-order valence-corrected chi connectivity index (χ2v) is 5.90. The molecule has 0 amide bonds. The highest BCUT2D eigenvalue weighted by molar-refractivity contribution is 5.95. The number of amidine groups is 1. The van der Waals surface area contributed by atoms with E-state index in [1.165, 1.54) is 13.3 Å². The summed E-state index contributed by atoms with van der Waals surface area (Å²) < 4.78 is 10.2. The number of carbonyl (C=O) groups is 1. The molecule has 0 aliphatic heterocycles. The molecule has 126 valence electrons.